The third-order valence-electron chi connectivity index (χ3n) is 11.9. The van der Waals surface area contributed by atoms with Gasteiger partial charge in [-0.25, -0.2) is 0 Å². The standard InChI is InChI=1S/C38H59N3O8/c1-13-29-38(9)33-23(5)30(39-26-16-20(2)14-15-27(26)41(33)19-46-38)21(3)18-37(8,45-12)34(24(6)31(42)25(7)35(44)48-29)49-36-32(43)28(40(10)11)17-22(4)47-36/h14-16,21-25,28-29,32-34,36,43H,13,17-19H2,1-12H3/t21-,22-,23+,24+,25-,28+,29-,32-,33-,34-,36+,37+,38-/m1/s1. The summed E-state index contributed by atoms with van der Waals surface area (Å²) in [5.41, 5.74) is 1.98. The first-order valence-corrected chi connectivity index (χ1v) is 18.0. The summed E-state index contributed by atoms with van der Waals surface area (Å²) >= 11 is 0. The van der Waals surface area contributed by atoms with E-state index >= 15 is 0 Å². The third-order valence-corrected chi connectivity index (χ3v) is 11.9. The van der Waals surface area contributed by atoms with Crippen molar-refractivity contribution in [2.75, 3.05) is 32.8 Å². The lowest BCUT2D eigenvalue weighted by Crippen LogP contribution is -2.60. The number of carbonyl (C=O) groups excluding carboxylic acids is 2. The minimum Gasteiger partial charge on any atom is -0.459 e. The lowest BCUT2D eigenvalue weighted by atomic mass is 9.73. The molecule has 11 nitrogen and oxygen atoms in total. The molecule has 0 aromatic heterocycles. The molecule has 11 heteroatoms. The van der Waals surface area contributed by atoms with Crippen LogP contribution >= 0.6 is 0 Å². The average molecular weight is 686 g/mol. The molecule has 0 aliphatic carbocycles. The predicted octanol–water partition coefficient (Wildman–Crippen LogP) is 5.06. The number of aliphatic hydroxyl groups is 1. The van der Waals surface area contributed by atoms with Gasteiger partial charge in [0, 0.05) is 30.7 Å². The smallest absolute Gasteiger partial charge is 0.316 e. The number of hydrogen-bond donors (Lipinski definition) is 1. The number of ether oxygens (including phenoxy) is 5. The number of hydrogen-bond acceptors (Lipinski definition) is 11. The molecular formula is C38H59N3O8. The van der Waals surface area contributed by atoms with Crippen molar-refractivity contribution in [2.45, 2.75) is 136 Å². The van der Waals surface area contributed by atoms with Gasteiger partial charge in [0.2, 0.25) is 0 Å². The number of anilines is 1. The van der Waals surface area contributed by atoms with Gasteiger partial charge in [0.25, 0.3) is 0 Å². The minimum atomic E-state index is -1.07. The summed E-state index contributed by atoms with van der Waals surface area (Å²) in [5, 5.41) is 11.5. The van der Waals surface area contributed by atoms with Crippen molar-refractivity contribution in [2.24, 2.45) is 28.7 Å². The van der Waals surface area contributed by atoms with Crippen molar-refractivity contribution in [3.05, 3.63) is 23.8 Å². The number of benzene rings is 1. The van der Waals surface area contributed by atoms with E-state index in [4.69, 9.17) is 28.7 Å². The Kier molecular flexibility index (Phi) is 11.0. The number of likely N-dealkylation sites (N-methyl/N-ethyl adjacent to an activating group) is 1. The number of rotatable bonds is 5. The van der Waals surface area contributed by atoms with Gasteiger partial charge in [0.05, 0.1) is 35.2 Å². The molecule has 0 radical (unpaired) electrons. The van der Waals surface area contributed by atoms with Crippen molar-refractivity contribution >= 4 is 28.8 Å². The summed E-state index contributed by atoms with van der Waals surface area (Å²) in [6, 6.07) is 5.87. The second kappa shape index (κ2) is 14.3. The number of nitrogens with zero attached hydrogens (tertiary/aromatic N) is 3. The number of fused-ring (bicyclic) bond motifs is 3. The highest BCUT2D eigenvalue weighted by atomic mass is 16.7. The third kappa shape index (κ3) is 6.83. The molecule has 1 aromatic rings. The summed E-state index contributed by atoms with van der Waals surface area (Å²) in [6.07, 6.45) is -2.07. The highest BCUT2D eigenvalue weighted by Crippen LogP contribution is 2.48. The Morgan fingerprint density at radius 3 is 2.43 bits per heavy atom. The van der Waals surface area contributed by atoms with Crippen molar-refractivity contribution in [3.63, 3.8) is 0 Å². The van der Waals surface area contributed by atoms with E-state index in [1.807, 2.05) is 46.7 Å². The van der Waals surface area contributed by atoms with Gasteiger partial charge in [-0.05, 0) is 91.6 Å². The van der Waals surface area contributed by atoms with Gasteiger partial charge < -0.3 is 38.6 Å². The number of ketones is 1. The molecule has 4 aliphatic rings. The SMILES string of the molecule is CC[C@H]1OC(=O)[C@H](C)C(=O)[C@H](C)[C@@H](O[C@@H]2O[C@H](C)C[C@H](N(C)C)[C@H]2O)[C@@](C)(OC)C[C@@H](C)C2=Nc3cc(C)ccc3N3CO[C@@]1(C)[C@H]3[C@H]2C. The highest BCUT2D eigenvalue weighted by molar-refractivity contribution is 6.00. The summed E-state index contributed by atoms with van der Waals surface area (Å²) in [7, 11) is 5.46. The van der Waals surface area contributed by atoms with E-state index in [-0.39, 0.29) is 35.8 Å². The largest absolute Gasteiger partial charge is 0.459 e. The number of aryl methyl sites for hydroxylation is 1. The lowest BCUT2D eigenvalue weighted by molar-refractivity contribution is -0.295. The number of cyclic esters (lactones) is 1. The summed E-state index contributed by atoms with van der Waals surface area (Å²) in [4.78, 5) is 37.8. The van der Waals surface area contributed by atoms with Crippen molar-refractivity contribution in [1.82, 2.24) is 4.90 Å². The first-order valence-electron chi connectivity index (χ1n) is 18.0. The second-order valence-corrected chi connectivity index (χ2v) is 15.7. The van der Waals surface area contributed by atoms with E-state index in [9.17, 15) is 14.7 Å². The molecule has 0 saturated carbocycles. The van der Waals surface area contributed by atoms with Crippen molar-refractivity contribution < 1.29 is 38.4 Å². The molecule has 49 heavy (non-hydrogen) atoms. The van der Waals surface area contributed by atoms with E-state index in [0.29, 0.717) is 26.0 Å². The molecular weight excluding hydrogens is 626 g/mol. The molecule has 3 saturated heterocycles. The molecule has 0 spiro atoms. The van der Waals surface area contributed by atoms with Gasteiger partial charge in [0.15, 0.2) is 12.1 Å². The average Bonchev–Trinajstić information content (AvgIpc) is 3.35. The number of carbonyl (C=O) groups is 2. The van der Waals surface area contributed by atoms with E-state index in [1.165, 1.54) is 0 Å². The predicted molar refractivity (Wildman–Crippen MR) is 188 cm³/mol. The van der Waals surface area contributed by atoms with E-state index in [1.54, 1.807) is 21.0 Å². The first kappa shape index (κ1) is 37.8. The van der Waals surface area contributed by atoms with Crippen LogP contribution in [-0.2, 0) is 33.3 Å². The Balaban J connectivity index is 1.65. The van der Waals surface area contributed by atoms with Crippen LogP contribution in [0.2, 0.25) is 0 Å². The van der Waals surface area contributed by atoms with E-state index in [2.05, 4.69) is 43.9 Å². The quantitative estimate of drug-likeness (QED) is 0.333. The fraction of sp³-hybridized carbons (Fsp3) is 0.763. The molecule has 1 N–H and O–H groups in total. The van der Waals surface area contributed by atoms with E-state index < -0.39 is 53.6 Å². The van der Waals surface area contributed by atoms with Gasteiger partial charge >= 0.3 is 5.97 Å². The summed E-state index contributed by atoms with van der Waals surface area (Å²) in [5.74, 6) is -3.04. The van der Waals surface area contributed by atoms with Crippen LogP contribution in [0.4, 0.5) is 11.4 Å². The molecule has 0 unspecified atom stereocenters. The summed E-state index contributed by atoms with van der Waals surface area (Å²) < 4.78 is 32.2. The van der Waals surface area contributed by atoms with Crippen LogP contribution in [-0.4, -0.2) is 109 Å². The maximum Gasteiger partial charge on any atom is 0.316 e. The molecule has 5 rings (SSSR count). The number of aliphatic imine (C=N–C) groups is 1. The Labute approximate surface area is 292 Å². The Morgan fingerprint density at radius 1 is 1.10 bits per heavy atom. The molecule has 3 fully saturated rings. The first-order chi connectivity index (χ1) is 23.0. The van der Waals surface area contributed by atoms with E-state index in [0.717, 1.165) is 22.6 Å². The summed E-state index contributed by atoms with van der Waals surface area (Å²) in [6.45, 7) is 18.0. The van der Waals surface area contributed by atoms with Crippen LogP contribution in [0.1, 0.15) is 80.2 Å². The van der Waals surface area contributed by atoms with Crippen LogP contribution in [0.15, 0.2) is 23.2 Å². The fourth-order valence-corrected chi connectivity index (χ4v) is 9.01. The van der Waals surface area contributed by atoms with Crippen molar-refractivity contribution in [3.8, 4) is 0 Å². The highest BCUT2D eigenvalue weighted by Gasteiger charge is 2.57. The van der Waals surface area contributed by atoms with Gasteiger partial charge in [-0.2, -0.15) is 0 Å². The van der Waals surface area contributed by atoms with Crippen molar-refractivity contribution in [1.29, 1.82) is 0 Å². The van der Waals surface area contributed by atoms with Gasteiger partial charge in [-0.1, -0.05) is 33.8 Å². The Bertz CT molecular complexity index is 1420. The van der Waals surface area contributed by atoms with Crippen LogP contribution < -0.4 is 4.90 Å². The molecule has 1 aromatic carbocycles. The number of methoxy groups -OCH3 is 1. The molecule has 13 atom stereocenters. The molecule has 2 bridgehead atoms. The number of esters is 1. The molecule has 274 valence electrons. The van der Waals surface area contributed by atoms with Gasteiger partial charge in [-0.15, -0.1) is 0 Å². The lowest BCUT2D eigenvalue weighted by Gasteiger charge is -2.47. The Hall–Kier alpha value is -2.41. The van der Waals surface area contributed by atoms with Crippen LogP contribution in [0.3, 0.4) is 0 Å². The number of Topliss-reactive ketones (excluding diaryl/α,β-unsaturated/α-hetero) is 1. The van der Waals surface area contributed by atoms with Gasteiger partial charge in [-0.3, -0.25) is 14.6 Å². The minimum absolute atomic E-state index is 0.104. The maximum absolute atomic E-state index is 14.3. The van der Waals surface area contributed by atoms with Crippen LogP contribution in [0.5, 0.6) is 0 Å². The Morgan fingerprint density at radius 2 is 1.80 bits per heavy atom. The zero-order valence-corrected chi connectivity index (χ0v) is 31.6. The normalized spacial score (nSPS) is 41.9. The van der Waals surface area contributed by atoms with Gasteiger partial charge in [0.1, 0.15) is 30.5 Å². The zero-order chi connectivity index (χ0) is 36.2. The fourth-order valence-electron chi connectivity index (χ4n) is 9.01. The molecule has 0 amide bonds. The number of aliphatic hydroxyl groups excluding tert-OH is 1. The zero-order valence-electron chi connectivity index (χ0n) is 31.6. The maximum atomic E-state index is 14.3. The molecule has 4 heterocycles. The second-order valence-electron chi connectivity index (χ2n) is 15.7. The topological polar surface area (TPSA) is 119 Å². The monoisotopic (exact) mass is 685 g/mol. The molecule has 4 aliphatic heterocycles. The van der Waals surface area contributed by atoms with Crippen LogP contribution in [0.25, 0.3) is 0 Å². The van der Waals surface area contributed by atoms with Crippen LogP contribution in [0, 0.1) is 30.6 Å².